The van der Waals surface area contributed by atoms with Crippen LogP contribution < -0.4 is 15.6 Å². The molecule has 0 saturated heterocycles. The summed E-state index contributed by atoms with van der Waals surface area (Å²) in [7, 11) is 1.59. The van der Waals surface area contributed by atoms with Crippen molar-refractivity contribution < 1.29 is 14.3 Å². The van der Waals surface area contributed by atoms with Crippen LogP contribution in [0.1, 0.15) is 20.3 Å². The van der Waals surface area contributed by atoms with Crippen LogP contribution in [-0.4, -0.2) is 41.0 Å². The highest BCUT2D eigenvalue weighted by molar-refractivity contribution is 7.99. The first-order valence-electron chi connectivity index (χ1n) is 10.2. The Morgan fingerprint density at radius 1 is 1.16 bits per heavy atom. The van der Waals surface area contributed by atoms with Gasteiger partial charge in [-0.25, -0.2) is 4.98 Å². The maximum Gasteiger partial charge on any atom is 0.262 e. The zero-order chi connectivity index (χ0) is 22.2. The second-order valence-corrected chi connectivity index (χ2v) is 8.15. The summed E-state index contributed by atoms with van der Waals surface area (Å²) in [4.78, 5) is 30.1. The van der Waals surface area contributed by atoms with Crippen LogP contribution in [0.3, 0.4) is 0 Å². The van der Waals surface area contributed by atoms with E-state index in [1.54, 1.807) is 42.0 Å². The monoisotopic (exact) mass is 441 g/mol. The van der Waals surface area contributed by atoms with Gasteiger partial charge in [-0.3, -0.25) is 14.2 Å². The number of hydrogen-bond acceptors (Lipinski definition) is 6. The van der Waals surface area contributed by atoms with Gasteiger partial charge in [0.15, 0.2) is 5.16 Å². The molecule has 1 amide bonds. The van der Waals surface area contributed by atoms with Crippen LogP contribution in [0.15, 0.2) is 58.5 Å². The quantitative estimate of drug-likeness (QED) is 0.291. The van der Waals surface area contributed by atoms with E-state index in [-0.39, 0.29) is 23.3 Å². The van der Waals surface area contributed by atoms with Gasteiger partial charge in [0.1, 0.15) is 5.75 Å². The highest BCUT2D eigenvalue weighted by Crippen LogP contribution is 2.20. The minimum absolute atomic E-state index is 0.104. The number of benzene rings is 2. The molecule has 0 aliphatic rings. The number of methoxy groups -OCH3 is 1. The zero-order valence-corrected chi connectivity index (χ0v) is 18.8. The molecule has 3 aromatic rings. The molecule has 7 nitrogen and oxygen atoms in total. The Balaban J connectivity index is 1.73. The third-order valence-corrected chi connectivity index (χ3v) is 5.49. The fourth-order valence-corrected chi connectivity index (χ4v) is 3.82. The number of anilines is 1. The topological polar surface area (TPSA) is 82.5 Å². The highest BCUT2D eigenvalue weighted by Gasteiger charge is 2.13. The van der Waals surface area contributed by atoms with E-state index < -0.39 is 0 Å². The Morgan fingerprint density at radius 2 is 1.90 bits per heavy atom. The summed E-state index contributed by atoms with van der Waals surface area (Å²) < 4.78 is 12.4. The number of nitrogens with one attached hydrogen (secondary N) is 1. The average Bonchev–Trinajstić information content (AvgIpc) is 2.77. The van der Waals surface area contributed by atoms with E-state index in [2.05, 4.69) is 10.3 Å². The Bertz CT molecular complexity index is 1080. The van der Waals surface area contributed by atoms with Crippen LogP contribution in [0.25, 0.3) is 10.9 Å². The molecule has 1 aromatic heterocycles. The maximum atomic E-state index is 13.0. The van der Waals surface area contributed by atoms with Crippen LogP contribution >= 0.6 is 11.8 Å². The third-order valence-electron chi connectivity index (χ3n) is 4.51. The Morgan fingerprint density at radius 3 is 2.61 bits per heavy atom. The second-order valence-electron chi connectivity index (χ2n) is 7.21. The summed E-state index contributed by atoms with van der Waals surface area (Å²) >= 11 is 1.25. The van der Waals surface area contributed by atoms with Crippen LogP contribution in [0, 0.1) is 0 Å². The van der Waals surface area contributed by atoms with Crippen molar-refractivity contribution in [3.05, 3.63) is 58.9 Å². The molecule has 0 atom stereocenters. The summed E-state index contributed by atoms with van der Waals surface area (Å²) in [6, 6.07) is 14.4. The molecule has 0 unspecified atom stereocenters. The molecule has 0 fully saturated rings. The molecule has 0 spiro atoms. The molecule has 1 heterocycles. The number of carbonyl (C=O) groups excluding carboxylic acids is 1. The fourth-order valence-electron chi connectivity index (χ4n) is 3.00. The van der Waals surface area contributed by atoms with Gasteiger partial charge >= 0.3 is 0 Å². The van der Waals surface area contributed by atoms with E-state index >= 15 is 0 Å². The Kier molecular flexibility index (Phi) is 8.08. The predicted octanol–water partition coefficient (Wildman–Crippen LogP) is 3.95. The van der Waals surface area contributed by atoms with Crippen molar-refractivity contribution in [1.29, 1.82) is 0 Å². The van der Waals surface area contributed by atoms with E-state index in [9.17, 15) is 9.59 Å². The molecule has 31 heavy (non-hydrogen) atoms. The molecular weight excluding hydrogens is 414 g/mol. The molecular formula is C23H27N3O4S. The average molecular weight is 442 g/mol. The smallest absolute Gasteiger partial charge is 0.262 e. The normalized spacial score (nSPS) is 11.1. The van der Waals surface area contributed by atoms with Crippen LogP contribution in [0.2, 0.25) is 0 Å². The zero-order valence-electron chi connectivity index (χ0n) is 18.0. The molecule has 3 rings (SSSR count). The van der Waals surface area contributed by atoms with Crippen LogP contribution in [-0.2, 0) is 16.1 Å². The number of rotatable bonds is 10. The standard InChI is InChI=1S/C23H27N3O4S/c1-16(2)30-14-6-13-26-22(28)19-7-4-5-8-20(19)25-23(26)31-15-21(27)24-17-9-11-18(29-3)12-10-17/h4-5,7-12,16H,6,13-15H2,1-3H3,(H,24,27). The van der Waals surface area contributed by atoms with Gasteiger partial charge in [0.2, 0.25) is 5.91 Å². The van der Waals surface area contributed by atoms with Crippen molar-refractivity contribution in [2.45, 2.75) is 38.1 Å². The van der Waals surface area contributed by atoms with E-state index in [1.807, 2.05) is 32.0 Å². The minimum atomic E-state index is -0.174. The number of nitrogens with zero attached hydrogens (tertiary/aromatic N) is 2. The molecule has 8 heteroatoms. The predicted molar refractivity (Wildman–Crippen MR) is 124 cm³/mol. The van der Waals surface area contributed by atoms with Gasteiger partial charge in [0.25, 0.3) is 5.56 Å². The minimum Gasteiger partial charge on any atom is -0.497 e. The van der Waals surface area contributed by atoms with E-state index in [4.69, 9.17) is 9.47 Å². The van der Waals surface area contributed by atoms with Crippen molar-refractivity contribution in [2.75, 3.05) is 24.8 Å². The molecule has 0 bridgehead atoms. The number of amides is 1. The van der Waals surface area contributed by atoms with E-state index in [0.717, 1.165) is 5.75 Å². The molecule has 164 valence electrons. The first kappa shape index (κ1) is 22.8. The lowest BCUT2D eigenvalue weighted by atomic mass is 10.2. The lowest BCUT2D eigenvalue weighted by molar-refractivity contribution is -0.113. The molecule has 2 aromatic carbocycles. The SMILES string of the molecule is COc1ccc(NC(=O)CSc2nc3ccccc3c(=O)n2CCCOC(C)C)cc1. The van der Waals surface area contributed by atoms with Gasteiger partial charge in [-0.2, -0.15) is 0 Å². The fraction of sp³-hybridized carbons (Fsp3) is 0.348. The van der Waals surface area contributed by atoms with Crippen molar-refractivity contribution in [3.8, 4) is 5.75 Å². The number of fused-ring (bicyclic) bond motifs is 1. The molecule has 0 saturated carbocycles. The van der Waals surface area contributed by atoms with E-state index in [1.165, 1.54) is 11.8 Å². The van der Waals surface area contributed by atoms with Gasteiger partial charge in [0.05, 0.1) is 29.9 Å². The number of thioether (sulfide) groups is 1. The van der Waals surface area contributed by atoms with Crippen molar-refractivity contribution >= 4 is 34.3 Å². The number of ether oxygens (including phenoxy) is 2. The summed E-state index contributed by atoms with van der Waals surface area (Å²) in [6.45, 7) is 4.99. The first-order chi connectivity index (χ1) is 15.0. The maximum absolute atomic E-state index is 13.0. The Hall–Kier alpha value is -2.84. The lowest BCUT2D eigenvalue weighted by Gasteiger charge is -2.14. The first-order valence-corrected chi connectivity index (χ1v) is 11.1. The van der Waals surface area contributed by atoms with E-state index in [0.29, 0.717) is 41.3 Å². The lowest BCUT2D eigenvalue weighted by Crippen LogP contribution is -2.25. The second kappa shape index (κ2) is 11.0. The van der Waals surface area contributed by atoms with Gasteiger partial charge < -0.3 is 14.8 Å². The summed E-state index contributed by atoms with van der Waals surface area (Å²) in [5.41, 5.74) is 1.20. The number of carbonyl (C=O) groups is 1. The van der Waals surface area contributed by atoms with Gasteiger partial charge in [-0.05, 0) is 56.7 Å². The van der Waals surface area contributed by atoms with Crippen LogP contribution in [0.5, 0.6) is 5.75 Å². The number of para-hydroxylation sites is 1. The largest absolute Gasteiger partial charge is 0.497 e. The van der Waals surface area contributed by atoms with Gasteiger partial charge in [0, 0.05) is 18.8 Å². The molecule has 0 radical (unpaired) electrons. The molecule has 0 aliphatic carbocycles. The van der Waals surface area contributed by atoms with Gasteiger partial charge in [-0.15, -0.1) is 0 Å². The number of aromatic nitrogens is 2. The third kappa shape index (κ3) is 6.32. The summed E-state index contributed by atoms with van der Waals surface area (Å²) in [5.74, 6) is 0.685. The summed E-state index contributed by atoms with van der Waals surface area (Å²) in [5, 5.41) is 3.94. The van der Waals surface area contributed by atoms with Crippen molar-refractivity contribution in [2.24, 2.45) is 0 Å². The van der Waals surface area contributed by atoms with Crippen molar-refractivity contribution in [3.63, 3.8) is 0 Å². The summed E-state index contributed by atoms with van der Waals surface area (Å²) in [6.07, 6.45) is 0.825. The van der Waals surface area contributed by atoms with Crippen molar-refractivity contribution in [1.82, 2.24) is 9.55 Å². The Labute approximate surface area is 185 Å². The van der Waals surface area contributed by atoms with Crippen LogP contribution in [0.4, 0.5) is 5.69 Å². The van der Waals surface area contributed by atoms with Gasteiger partial charge in [-0.1, -0.05) is 23.9 Å². The highest BCUT2D eigenvalue weighted by atomic mass is 32.2. The molecule has 1 N–H and O–H groups in total. The number of hydrogen-bond donors (Lipinski definition) is 1. The molecule has 0 aliphatic heterocycles.